The topological polar surface area (TPSA) is 77.0 Å². The number of anilines is 1. The number of methoxy groups -OCH3 is 2. The van der Waals surface area contributed by atoms with E-state index in [4.69, 9.17) is 0 Å². The van der Waals surface area contributed by atoms with E-state index >= 15 is 0 Å². The summed E-state index contributed by atoms with van der Waals surface area (Å²) < 4.78 is 47.2. The Balaban J connectivity index is 3.05. The van der Waals surface area contributed by atoms with Crippen LogP contribution < -0.4 is 5.43 Å². The Morgan fingerprint density at radius 3 is 2.36 bits per heavy atom. The SMILES string of the molecule is COC(=O)C/C(=N/Nc1ccccc1C(F)(F)F)C(=O)OC. The van der Waals surface area contributed by atoms with Crippen molar-refractivity contribution in [1.82, 2.24) is 0 Å². The first-order chi connectivity index (χ1) is 10.3. The maximum absolute atomic E-state index is 12.8. The minimum absolute atomic E-state index is 0.360. The van der Waals surface area contributed by atoms with Gasteiger partial charge < -0.3 is 9.47 Å². The summed E-state index contributed by atoms with van der Waals surface area (Å²) in [6.07, 6.45) is -5.13. The number of halogens is 3. The van der Waals surface area contributed by atoms with Crippen molar-refractivity contribution in [3.8, 4) is 0 Å². The predicted molar refractivity (Wildman–Crippen MR) is 71.2 cm³/mol. The molecule has 1 aromatic rings. The number of benzene rings is 1. The number of hydrazone groups is 1. The summed E-state index contributed by atoms with van der Waals surface area (Å²) in [6, 6.07) is 4.58. The van der Waals surface area contributed by atoms with Crippen LogP contribution >= 0.6 is 0 Å². The van der Waals surface area contributed by atoms with Gasteiger partial charge in [0, 0.05) is 0 Å². The molecule has 0 aliphatic carbocycles. The lowest BCUT2D eigenvalue weighted by molar-refractivity contribution is -0.140. The van der Waals surface area contributed by atoms with Crippen molar-refractivity contribution in [2.45, 2.75) is 12.6 Å². The third-order valence-corrected chi connectivity index (χ3v) is 2.50. The fourth-order valence-electron chi connectivity index (χ4n) is 1.44. The number of nitrogens with one attached hydrogen (secondary N) is 1. The normalized spacial score (nSPS) is 11.8. The Kier molecular flexibility index (Phi) is 5.90. The number of hydrogen-bond donors (Lipinski definition) is 1. The van der Waals surface area contributed by atoms with E-state index in [0.717, 1.165) is 26.4 Å². The molecule has 0 spiro atoms. The van der Waals surface area contributed by atoms with Crippen molar-refractivity contribution in [3.63, 3.8) is 0 Å². The van der Waals surface area contributed by atoms with Crippen molar-refractivity contribution in [2.75, 3.05) is 19.6 Å². The third-order valence-electron chi connectivity index (χ3n) is 2.50. The van der Waals surface area contributed by atoms with Crippen LogP contribution in [-0.4, -0.2) is 31.9 Å². The van der Waals surface area contributed by atoms with E-state index in [1.54, 1.807) is 0 Å². The molecule has 0 aliphatic heterocycles. The van der Waals surface area contributed by atoms with Crippen molar-refractivity contribution in [2.24, 2.45) is 5.10 Å². The number of nitrogens with zero attached hydrogens (tertiary/aromatic N) is 1. The molecule has 1 N–H and O–H groups in total. The summed E-state index contributed by atoms with van der Waals surface area (Å²) in [4.78, 5) is 22.6. The number of alkyl halides is 3. The Labute approximate surface area is 123 Å². The fraction of sp³-hybridized carbons (Fsp3) is 0.308. The number of hydrogen-bond acceptors (Lipinski definition) is 6. The average Bonchev–Trinajstić information content (AvgIpc) is 2.49. The fourth-order valence-corrected chi connectivity index (χ4v) is 1.44. The second-order valence-electron chi connectivity index (χ2n) is 3.96. The Morgan fingerprint density at radius 1 is 1.18 bits per heavy atom. The van der Waals surface area contributed by atoms with E-state index in [1.165, 1.54) is 12.1 Å². The van der Waals surface area contributed by atoms with Gasteiger partial charge in [0.15, 0.2) is 5.71 Å². The van der Waals surface area contributed by atoms with E-state index < -0.39 is 35.8 Å². The molecule has 0 bridgehead atoms. The molecule has 9 heteroatoms. The number of esters is 2. The molecule has 120 valence electrons. The van der Waals surface area contributed by atoms with Gasteiger partial charge in [-0.15, -0.1) is 0 Å². The largest absolute Gasteiger partial charge is 0.469 e. The van der Waals surface area contributed by atoms with Crippen LogP contribution in [0, 0.1) is 0 Å². The van der Waals surface area contributed by atoms with Gasteiger partial charge in [0.1, 0.15) is 0 Å². The highest BCUT2D eigenvalue weighted by Crippen LogP contribution is 2.34. The van der Waals surface area contributed by atoms with Gasteiger partial charge in [-0.3, -0.25) is 10.2 Å². The van der Waals surface area contributed by atoms with E-state index in [9.17, 15) is 22.8 Å². The van der Waals surface area contributed by atoms with Crippen molar-refractivity contribution < 1.29 is 32.2 Å². The molecular formula is C13H13F3N2O4. The van der Waals surface area contributed by atoms with Crippen molar-refractivity contribution in [1.29, 1.82) is 0 Å². The number of rotatable bonds is 5. The third kappa shape index (κ3) is 4.76. The summed E-state index contributed by atoms with van der Waals surface area (Å²) in [5.74, 6) is -1.74. The molecule has 0 amide bonds. The maximum Gasteiger partial charge on any atom is 0.418 e. The van der Waals surface area contributed by atoms with Gasteiger partial charge in [0.25, 0.3) is 0 Å². The number of para-hydroxylation sites is 1. The standard InChI is InChI=1S/C13H13F3N2O4/c1-21-11(19)7-10(12(20)22-2)18-17-9-6-4-3-5-8(9)13(14,15)16/h3-6,17H,7H2,1-2H3/b18-10-. The second-order valence-corrected chi connectivity index (χ2v) is 3.96. The zero-order valence-electron chi connectivity index (χ0n) is 11.7. The molecule has 0 radical (unpaired) electrons. The maximum atomic E-state index is 12.8. The van der Waals surface area contributed by atoms with Gasteiger partial charge in [-0.2, -0.15) is 18.3 Å². The Morgan fingerprint density at radius 2 is 1.82 bits per heavy atom. The quantitative estimate of drug-likeness (QED) is 0.512. The first-order valence-corrected chi connectivity index (χ1v) is 5.93. The van der Waals surface area contributed by atoms with Crippen molar-refractivity contribution in [3.05, 3.63) is 29.8 Å². The smallest absolute Gasteiger partial charge is 0.418 e. The lowest BCUT2D eigenvalue weighted by Gasteiger charge is -2.12. The Hall–Kier alpha value is -2.58. The summed E-state index contributed by atoms with van der Waals surface area (Å²) in [5.41, 5.74) is 0.396. The summed E-state index contributed by atoms with van der Waals surface area (Å²) in [6.45, 7) is 0. The van der Waals surface area contributed by atoms with Crippen LogP contribution in [0.2, 0.25) is 0 Å². The highest BCUT2D eigenvalue weighted by molar-refractivity contribution is 6.39. The van der Waals surface area contributed by atoms with E-state index in [1.807, 2.05) is 0 Å². The molecule has 0 aromatic heterocycles. The molecular weight excluding hydrogens is 305 g/mol. The Bertz CT molecular complexity index is 585. The van der Waals surface area contributed by atoms with Crippen LogP contribution in [0.1, 0.15) is 12.0 Å². The summed E-state index contributed by atoms with van der Waals surface area (Å²) in [7, 11) is 2.16. The molecule has 0 fully saturated rings. The molecule has 1 rings (SSSR count). The molecule has 6 nitrogen and oxygen atoms in total. The number of carbonyl (C=O) groups is 2. The lowest BCUT2D eigenvalue weighted by Crippen LogP contribution is -2.22. The van der Waals surface area contributed by atoms with Crippen LogP contribution in [0.5, 0.6) is 0 Å². The van der Waals surface area contributed by atoms with Crippen LogP contribution in [0.15, 0.2) is 29.4 Å². The van der Waals surface area contributed by atoms with E-state index in [2.05, 4.69) is 20.0 Å². The van der Waals surface area contributed by atoms with Gasteiger partial charge in [0.05, 0.1) is 31.9 Å². The van der Waals surface area contributed by atoms with Crippen LogP contribution in [0.3, 0.4) is 0 Å². The molecule has 0 saturated heterocycles. The van der Waals surface area contributed by atoms with Gasteiger partial charge in [-0.05, 0) is 12.1 Å². The number of ether oxygens (including phenoxy) is 2. The predicted octanol–water partition coefficient (Wildman–Crippen LogP) is 2.21. The second kappa shape index (κ2) is 7.43. The van der Waals surface area contributed by atoms with E-state index in [0.29, 0.717) is 0 Å². The van der Waals surface area contributed by atoms with Gasteiger partial charge in [-0.25, -0.2) is 4.79 Å². The summed E-state index contributed by atoms with van der Waals surface area (Å²) >= 11 is 0. The molecule has 0 aliphatic rings. The first-order valence-electron chi connectivity index (χ1n) is 5.93. The minimum Gasteiger partial charge on any atom is -0.469 e. The van der Waals surface area contributed by atoms with Crippen LogP contribution in [0.25, 0.3) is 0 Å². The molecule has 0 saturated carbocycles. The lowest BCUT2D eigenvalue weighted by atomic mass is 10.2. The average molecular weight is 318 g/mol. The summed E-state index contributed by atoms with van der Waals surface area (Å²) in [5, 5.41) is 3.52. The molecule has 1 aromatic carbocycles. The minimum atomic E-state index is -4.59. The van der Waals surface area contributed by atoms with Crippen molar-refractivity contribution >= 4 is 23.3 Å². The van der Waals surface area contributed by atoms with E-state index in [-0.39, 0.29) is 5.69 Å². The van der Waals surface area contributed by atoms with Crippen LogP contribution in [-0.2, 0) is 25.2 Å². The molecule has 0 atom stereocenters. The van der Waals surface area contributed by atoms with Gasteiger partial charge in [-0.1, -0.05) is 12.1 Å². The molecule has 22 heavy (non-hydrogen) atoms. The molecule has 0 unspecified atom stereocenters. The highest BCUT2D eigenvalue weighted by Gasteiger charge is 2.33. The zero-order chi connectivity index (χ0) is 16.8. The number of carbonyl (C=O) groups excluding carboxylic acids is 2. The highest BCUT2D eigenvalue weighted by atomic mass is 19.4. The zero-order valence-corrected chi connectivity index (χ0v) is 11.7. The molecule has 0 heterocycles. The monoisotopic (exact) mass is 318 g/mol. The van der Waals surface area contributed by atoms with Gasteiger partial charge >= 0.3 is 18.1 Å². The first kappa shape index (κ1) is 17.5. The van der Waals surface area contributed by atoms with Crippen LogP contribution in [0.4, 0.5) is 18.9 Å². The van der Waals surface area contributed by atoms with Gasteiger partial charge in [0.2, 0.25) is 0 Å².